The average molecular weight is 491 g/mol. The van der Waals surface area contributed by atoms with Crippen molar-refractivity contribution in [3.8, 4) is 0 Å². The second kappa shape index (κ2) is 10.4. The van der Waals surface area contributed by atoms with Crippen molar-refractivity contribution in [1.82, 2.24) is 14.5 Å². The van der Waals surface area contributed by atoms with Gasteiger partial charge < -0.3 is 11.1 Å². The lowest BCUT2D eigenvalue weighted by atomic mass is 10.0. The maximum absolute atomic E-state index is 13.3. The first-order valence-corrected chi connectivity index (χ1v) is 12.8. The van der Waals surface area contributed by atoms with E-state index >= 15 is 0 Å². The molecule has 33 heavy (non-hydrogen) atoms. The van der Waals surface area contributed by atoms with Crippen LogP contribution in [-0.4, -0.2) is 74.3 Å². The van der Waals surface area contributed by atoms with Gasteiger partial charge in [-0.25, -0.2) is 8.42 Å². The Bertz CT molecular complexity index is 929. The maximum Gasteiger partial charge on any atom is 0.416 e. The summed E-state index contributed by atoms with van der Waals surface area (Å²) in [4.78, 5) is 14.1. The summed E-state index contributed by atoms with van der Waals surface area (Å²) in [6.45, 7) is 3.24. The number of Topliss-reactive ketones (excluding diaryl/α,β-unsaturated/α-hetero) is 1. The van der Waals surface area contributed by atoms with Crippen LogP contribution in [0, 0.1) is 0 Å². The number of sulfonamides is 1. The van der Waals surface area contributed by atoms with E-state index in [1.807, 2.05) is 18.9 Å². The van der Waals surface area contributed by atoms with Gasteiger partial charge in [-0.1, -0.05) is 6.07 Å². The molecule has 2 atom stereocenters. The third-order valence-corrected chi connectivity index (χ3v) is 8.45. The molecule has 3 N–H and O–H groups in total. The highest BCUT2D eigenvalue weighted by Gasteiger charge is 2.44. The Morgan fingerprint density at radius 1 is 1.21 bits per heavy atom. The van der Waals surface area contributed by atoms with Crippen molar-refractivity contribution in [1.29, 1.82) is 0 Å². The Morgan fingerprint density at radius 2 is 1.82 bits per heavy atom. The molecule has 3 rings (SSSR count). The van der Waals surface area contributed by atoms with Crippen LogP contribution < -0.4 is 11.1 Å². The maximum atomic E-state index is 13.3. The Labute approximate surface area is 193 Å². The van der Waals surface area contributed by atoms with Gasteiger partial charge in [0.05, 0.1) is 23.0 Å². The number of nitrogens with two attached hydrogens (primary N) is 1. The highest BCUT2D eigenvalue weighted by molar-refractivity contribution is 7.89. The van der Waals surface area contributed by atoms with E-state index in [2.05, 4.69) is 5.32 Å². The Balaban J connectivity index is 1.66. The number of ketones is 1. The van der Waals surface area contributed by atoms with Crippen molar-refractivity contribution in [2.24, 2.45) is 5.73 Å². The van der Waals surface area contributed by atoms with E-state index in [-0.39, 0.29) is 35.3 Å². The van der Waals surface area contributed by atoms with E-state index in [1.165, 1.54) is 10.4 Å². The van der Waals surface area contributed by atoms with Crippen molar-refractivity contribution in [3.63, 3.8) is 0 Å². The van der Waals surface area contributed by atoms with Crippen molar-refractivity contribution < 1.29 is 26.4 Å². The van der Waals surface area contributed by atoms with Crippen LogP contribution in [0.1, 0.15) is 44.6 Å². The third-order valence-electron chi connectivity index (χ3n) is 6.45. The van der Waals surface area contributed by atoms with E-state index in [0.29, 0.717) is 51.3 Å². The fourth-order valence-electron chi connectivity index (χ4n) is 4.27. The molecule has 1 aromatic rings. The van der Waals surface area contributed by atoms with Crippen LogP contribution in [-0.2, 0) is 21.0 Å². The molecule has 1 aliphatic heterocycles. The number of nitrogens with zero attached hydrogens (tertiary/aromatic N) is 2. The molecule has 1 saturated carbocycles. The molecule has 2 unspecified atom stereocenters. The molecule has 2 aliphatic rings. The van der Waals surface area contributed by atoms with Gasteiger partial charge in [0.1, 0.15) is 0 Å². The van der Waals surface area contributed by atoms with Gasteiger partial charge in [0, 0.05) is 31.2 Å². The lowest BCUT2D eigenvalue weighted by Crippen LogP contribution is -2.50. The number of piperidine rings is 1. The minimum absolute atomic E-state index is 0.0498. The summed E-state index contributed by atoms with van der Waals surface area (Å²) < 4.78 is 67.5. The van der Waals surface area contributed by atoms with Gasteiger partial charge in [0.25, 0.3) is 0 Å². The van der Waals surface area contributed by atoms with Crippen molar-refractivity contribution in [3.05, 3.63) is 29.8 Å². The standard InChI is InChI=1S/C22H33F3N4O3S/c1-15(27-2)12-20(26)21(30)14-28-10-8-18(9-11-28)29(17-6-7-17)33(31,32)19-5-3-4-16(13-19)22(23,24)25/h3-5,13,15,17-18,20,27H,6-12,14,26H2,1-2H3. The Kier molecular flexibility index (Phi) is 8.21. The lowest BCUT2D eigenvalue weighted by Gasteiger charge is -2.38. The molecule has 11 heteroatoms. The lowest BCUT2D eigenvalue weighted by molar-refractivity contribution is -0.137. The smallest absolute Gasteiger partial charge is 0.321 e. The second-order valence-electron chi connectivity index (χ2n) is 9.10. The number of halogens is 3. The van der Waals surface area contributed by atoms with Crippen LogP contribution >= 0.6 is 0 Å². The summed E-state index contributed by atoms with van der Waals surface area (Å²) in [7, 11) is -2.26. The molecule has 0 radical (unpaired) electrons. The van der Waals surface area contributed by atoms with Crippen LogP contribution in [0.25, 0.3) is 0 Å². The van der Waals surface area contributed by atoms with E-state index in [9.17, 15) is 26.4 Å². The zero-order valence-corrected chi connectivity index (χ0v) is 19.8. The molecule has 0 aromatic heterocycles. The zero-order valence-electron chi connectivity index (χ0n) is 19.0. The summed E-state index contributed by atoms with van der Waals surface area (Å²) in [5.41, 5.74) is 5.04. The van der Waals surface area contributed by atoms with Crippen molar-refractivity contribution in [2.75, 3.05) is 26.7 Å². The van der Waals surface area contributed by atoms with Crippen molar-refractivity contribution >= 4 is 15.8 Å². The molecule has 2 fully saturated rings. The number of rotatable bonds is 10. The molecule has 1 saturated heterocycles. The highest BCUT2D eigenvalue weighted by Crippen LogP contribution is 2.38. The fraction of sp³-hybridized carbons (Fsp3) is 0.682. The van der Waals surface area contributed by atoms with E-state index < -0.39 is 27.8 Å². The number of benzene rings is 1. The first kappa shape index (κ1) is 26.1. The highest BCUT2D eigenvalue weighted by atomic mass is 32.2. The van der Waals surface area contributed by atoms with Crippen LogP contribution in [0.3, 0.4) is 0 Å². The van der Waals surface area contributed by atoms with E-state index in [1.54, 1.807) is 0 Å². The predicted octanol–water partition coefficient (Wildman–Crippen LogP) is 2.22. The van der Waals surface area contributed by atoms with Crippen LogP contribution in [0.4, 0.5) is 13.2 Å². The summed E-state index contributed by atoms with van der Waals surface area (Å²) >= 11 is 0. The van der Waals surface area contributed by atoms with Gasteiger partial charge >= 0.3 is 6.18 Å². The average Bonchev–Trinajstić information content (AvgIpc) is 3.59. The number of carbonyl (C=O) groups is 1. The molecule has 1 heterocycles. The van der Waals surface area contributed by atoms with Crippen LogP contribution in [0.5, 0.6) is 0 Å². The Morgan fingerprint density at radius 3 is 2.36 bits per heavy atom. The number of hydrogen-bond donors (Lipinski definition) is 2. The quantitative estimate of drug-likeness (QED) is 0.522. The molecular weight excluding hydrogens is 457 g/mol. The third kappa shape index (κ3) is 6.54. The van der Waals surface area contributed by atoms with Gasteiger partial charge in [0.15, 0.2) is 5.78 Å². The monoisotopic (exact) mass is 490 g/mol. The molecule has 0 bridgehead atoms. The number of alkyl halides is 3. The molecule has 1 aliphatic carbocycles. The first-order valence-electron chi connectivity index (χ1n) is 11.3. The number of likely N-dealkylation sites (tertiary alicyclic amines) is 1. The Hall–Kier alpha value is -1.53. The molecule has 186 valence electrons. The second-order valence-corrected chi connectivity index (χ2v) is 10.9. The summed E-state index contributed by atoms with van der Waals surface area (Å²) in [6, 6.07) is 3.02. The number of hydrogen-bond acceptors (Lipinski definition) is 6. The predicted molar refractivity (Wildman–Crippen MR) is 119 cm³/mol. The summed E-state index contributed by atoms with van der Waals surface area (Å²) in [5.74, 6) is -0.0498. The van der Waals surface area contributed by atoms with E-state index in [0.717, 1.165) is 12.1 Å². The normalized spacial score (nSPS) is 20.7. The van der Waals surface area contributed by atoms with Gasteiger partial charge in [-0.05, 0) is 64.3 Å². The first-order chi connectivity index (χ1) is 15.4. The van der Waals surface area contributed by atoms with Gasteiger partial charge in [0.2, 0.25) is 10.0 Å². The SMILES string of the molecule is CNC(C)CC(N)C(=O)CN1CCC(N(C2CC2)S(=O)(=O)c2cccc(C(F)(F)F)c2)CC1. The minimum atomic E-state index is -4.61. The summed E-state index contributed by atoms with van der Waals surface area (Å²) in [6.07, 6.45) is -1.63. The molecular formula is C22H33F3N4O3S. The fourth-order valence-corrected chi connectivity index (χ4v) is 6.25. The number of carbonyl (C=O) groups excluding carboxylic acids is 1. The van der Waals surface area contributed by atoms with Crippen molar-refractivity contribution in [2.45, 2.75) is 74.3 Å². The van der Waals surface area contributed by atoms with Crippen LogP contribution in [0.15, 0.2) is 29.2 Å². The molecule has 0 amide bonds. The number of nitrogens with one attached hydrogen (secondary N) is 1. The van der Waals surface area contributed by atoms with Gasteiger partial charge in [-0.3, -0.25) is 9.69 Å². The largest absolute Gasteiger partial charge is 0.416 e. The molecule has 0 spiro atoms. The van der Waals surface area contributed by atoms with E-state index in [4.69, 9.17) is 5.73 Å². The van der Waals surface area contributed by atoms with Gasteiger partial charge in [-0.2, -0.15) is 17.5 Å². The zero-order chi connectivity index (χ0) is 24.4. The minimum Gasteiger partial charge on any atom is -0.321 e. The molecule has 7 nitrogen and oxygen atoms in total. The van der Waals surface area contributed by atoms with Gasteiger partial charge in [-0.15, -0.1) is 0 Å². The van der Waals surface area contributed by atoms with Crippen LogP contribution in [0.2, 0.25) is 0 Å². The topological polar surface area (TPSA) is 95.7 Å². The molecule has 1 aromatic carbocycles. The summed E-state index contributed by atoms with van der Waals surface area (Å²) in [5, 5.41) is 3.06.